The van der Waals surface area contributed by atoms with E-state index in [2.05, 4.69) is 20.8 Å². The Balaban J connectivity index is 1.49. The van der Waals surface area contributed by atoms with Gasteiger partial charge in [-0.15, -0.1) is 0 Å². The van der Waals surface area contributed by atoms with Crippen LogP contribution < -0.4 is 10.6 Å². The van der Waals surface area contributed by atoms with Gasteiger partial charge in [0.15, 0.2) is 5.82 Å². The van der Waals surface area contributed by atoms with Crippen LogP contribution in [-0.2, 0) is 5.54 Å². The van der Waals surface area contributed by atoms with Gasteiger partial charge in [0.1, 0.15) is 5.82 Å². The monoisotopic (exact) mass is 332 g/mol. The summed E-state index contributed by atoms with van der Waals surface area (Å²) in [6.45, 7) is 5.34. The van der Waals surface area contributed by atoms with E-state index in [-0.39, 0.29) is 17.9 Å². The fourth-order valence-electron chi connectivity index (χ4n) is 2.86. The minimum atomic E-state index is -0.720. The van der Waals surface area contributed by atoms with E-state index in [0.29, 0.717) is 17.6 Å². The second kappa shape index (κ2) is 6.22. The van der Waals surface area contributed by atoms with Crippen LogP contribution in [0.1, 0.15) is 49.9 Å². The molecule has 128 valence electrons. The number of hydrogen-bond acceptors (Lipinski definition) is 4. The van der Waals surface area contributed by atoms with E-state index >= 15 is 0 Å². The Morgan fingerprint density at radius 1 is 1.29 bits per heavy atom. The highest BCUT2D eigenvalue weighted by Gasteiger charge is 2.33. The van der Waals surface area contributed by atoms with Gasteiger partial charge in [0.05, 0.1) is 5.54 Å². The number of nitrogens with zero attached hydrogens (tertiary/aromatic N) is 2. The van der Waals surface area contributed by atoms with Gasteiger partial charge < -0.3 is 15.2 Å². The van der Waals surface area contributed by atoms with E-state index in [1.165, 1.54) is 12.1 Å². The number of urea groups is 1. The van der Waals surface area contributed by atoms with Crippen molar-refractivity contribution < 1.29 is 13.7 Å². The lowest BCUT2D eigenvalue weighted by Crippen LogP contribution is -2.52. The van der Waals surface area contributed by atoms with Crippen LogP contribution in [0.25, 0.3) is 0 Å². The highest BCUT2D eigenvalue weighted by Crippen LogP contribution is 2.36. The molecule has 2 N–H and O–H groups in total. The molecule has 1 saturated carbocycles. The number of benzene rings is 1. The third-order valence-corrected chi connectivity index (χ3v) is 4.33. The topological polar surface area (TPSA) is 80.0 Å². The Hall–Kier alpha value is -2.44. The minimum absolute atomic E-state index is 0.114. The molecule has 24 heavy (non-hydrogen) atoms. The zero-order valence-electron chi connectivity index (χ0n) is 14.0. The smallest absolute Gasteiger partial charge is 0.315 e. The van der Waals surface area contributed by atoms with E-state index in [1.54, 1.807) is 19.1 Å². The Morgan fingerprint density at radius 3 is 2.54 bits per heavy atom. The van der Waals surface area contributed by atoms with Crippen LogP contribution in [0.4, 0.5) is 9.18 Å². The lowest BCUT2D eigenvalue weighted by Gasteiger charge is -2.37. The Morgan fingerprint density at radius 2 is 1.96 bits per heavy atom. The molecule has 1 aromatic heterocycles. The summed E-state index contributed by atoms with van der Waals surface area (Å²) >= 11 is 0. The number of hydrogen-bond donors (Lipinski definition) is 2. The maximum atomic E-state index is 12.9. The molecule has 7 heteroatoms. The first kappa shape index (κ1) is 16.4. The van der Waals surface area contributed by atoms with Gasteiger partial charge in [-0.05, 0) is 50.3 Å². The van der Waals surface area contributed by atoms with Crippen LogP contribution in [0, 0.1) is 12.7 Å². The van der Waals surface area contributed by atoms with Crippen molar-refractivity contribution in [1.29, 1.82) is 0 Å². The zero-order valence-corrected chi connectivity index (χ0v) is 14.0. The summed E-state index contributed by atoms with van der Waals surface area (Å²) in [5, 5.41) is 9.67. The van der Waals surface area contributed by atoms with Crippen LogP contribution in [0.5, 0.6) is 0 Å². The molecule has 1 aliphatic rings. The van der Waals surface area contributed by atoms with Gasteiger partial charge in [0.2, 0.25) is 5.89 Å². The van der Waals surface area contributed by atoms with Crippen LogP contribution in [0.15, 0.2) is 28.8 Å². The number of aryl methyl sites for hydroxylation is 1. The molecular weight excluding hydrogens is 311 g/mol. The van der Waals surface area contributed by atoms with E-state index < -0.39 is 5.54 Å². The molecule has 6 nitrogen and oxygen atoms in total. The van der Waals surface area contributed by atoms with Crippen molar-refractivity contribution in [3.05, 3.63) is 47.4 Å². The first-order valence-corrected chi connectivity index (χ1v) is 7.98. The molecule has 0 aliphatic heterocycles. The Labute approximate surface area is 139 Å². The van der Waals surface area contributed by atoms with Gasteiger partial charge in [-0.3, -0.25) is 0 Å². The standard InChI is InChI=1S/C17H21FN4O2/c1-10-19-15(22-24-10)17(2,3)21-16(23)20-14-8-12(9-14)11-4-6-13(18)7-5-11/h4-7,12,14H,8-9H2,1-3H3,(H2,20,21,23). The molecular formula is C17H21FN4O2. The van der Waals surface area contributed by atoms with Crippen molar-refractivity contribution in [2.45, 2.75) is 51.1 Å². The lowest BCUT2D eigenvalue weighted by molar-refractivity contribution is 0.210. The molecule has 1 aliphatic carbocycles. The summed E-state index contributed by atoms with van der Waals surface area (Å²) in [6.07, 6.45) is 1.70. The van der Waals surface area contributed by atoms with E-state index in [0.717, 1.165) is 18.4 Å². The summed E-state index contributed by atoms with van der Waals surface area (Å²) in [7, 11) is 0. The van der Waals surface area contributed by atoms with E-state index in [1.807, 2.05) is 13.8 Å². The van der Waals surface area contributed by atoms with Gasteiger partial charge in [-0.2, -0.15) is 4.98 Å². The van der Waals surface area contributed by atoms with Gasteiger partial charge >= 0.3 is 6.03 Å². The van der Waals surface area contributed by atoms with Crippen molar-refractivity contribution in [3.8, 4) is 0 Å². The predicted molar refractivity (Wildman–Crippen MR) is 85.9 cm³/mol. The van der Waals surface area contributed by atoms with Crippen molar-refractivity contribution in [2.75, 3.05) is 0 Å². The second-order valence-electron chi connectivity index (χ2n) is 6.78. The summed E-state index contributed by atoms with van der Waals surface area (Å²) in [5.41, 5.74) is 0.388. The quantitative estimate of drug-likeness (QED) is 0.902. The Bertz CT molecular complexity index is 720. The summed E-state index contributed by atoms with van der Waals surface area (Å²) < 4.78 is 17.9. The average Bonchev–Trinajstić information content (AvgIpc) is 2.91. The maximum absolute atomic E-state index is 12.9. The van der Waals surface area contributed by atoms with Gasteiger partial charge in [0.25, 0.3) is 0 Å². The highest BCUT2D eigenvalue weighted by molar-refractivity contribution is 5.75. The van der Waals surface area contributed by atoms with Gasteiger partial charge in [-0.25, -0.2) is 9.18 Å². The molecule has 0 saturated heterocycles. The average molecular weight is 332 g/mol. The molecule has 0 spiro atoms. The fourth-order valence-corrected chi connectivity index (χ4v) is 2.86. The number of carbonyl (C=O) groups excluding carboxylic acids is 1. The van der Waals surface area contributed by atoms with Crippen LogP contribution in [0.3, 0.4) is 0 Å². The van der Waals surface area contributed by atoms with E-state index in [4.69, 9.17) is 4.52 Å². The Kier molecular flexibility index (Phi) is 4.26. The maximum Gasteiger partial charge on any atom is 0.315 e. The molecule has 1 heterocycles. The molecule has 0 radical (unpaired) electrons. The van der Waals surface area contributed by atoms with E-state index in [9.17, 15) is 9.18 Å². The van der Waals surface area contributed by atoms with Gasteiger partial charge in [-0.1, -0.05) is 17.3 Å². The molecule has 1 fully saturated rings. The molecule has 3 rings (SSSR count). The number of rotatable bonds is 4. The summed E-state index contributed by atoms with van der Waals surface area (Å²) in [6, 6.07) is 6.40. The minimum Gasteiger partial charge on any atom is -0.340 e. The second-order valence-corrected chi connectivity index (χ2v) is 6.78. The van der Waals surface area contributed by atoms with Crippen LogP contribution in [0.2, 0.25) is 0 Å². The largest absolute Gasteiger partial charge is 0.340 e. The number of aromatic nitrogens is 2. The molecule has 0 bridgehead atoms. The van der Waals surface area contributed by atoms with Crippen molar-refractivity contribution >= 4 is 6.03 Å². The summed E-state index contributed by atoms with van der Waals surface area (Å²) in [5.74, 6) is 1.03. The SMILES string of the molecule is Cc1nc(C(C)(C)NC(=O)NC2CC(c3ccc(F)cc3)C2)no1. The number of nitrogens with one attached hydrogen (secondary N) is 2. The van der Waals surface area contributed by atoms with Gasteiger partial charge in [0, 0.05) is 13.0 Å². The lowest BCUT2D eigenvalue weighted by atomic mass is 9.76. The number of amides is 2. The predicted octanol–water partition coefficient (Wildman–Crippen LogP) is 3.00. The molecule has 2 aromatic rings. The highest BCUT2D eigenvalue weighted by atomic mass is 19.1. The van der Waals surface area contributed by atoms with Crippen molar-refractivity contribution in [1.82, 2.24) is 20.8 Å². The van der Waals surface area contributed by atoms with Crippen LogP contribution in [-0.4, -0.2) is 22.2 Å². The number of halogens is 1. The molecule has 2 amide bonds. The first-order chi connectivity index (χ1) is 11.3. The van der Waals surface area contributed by atoms with Crippen LogP contribution >= 0.6 is 0 Å². The zero-order chi connectivity index (χ0) is 17.3. The third-order valence-electron chi connectivity index (χ3n) is 4.33. The fraction of sp³-hybridized carbons (Fsp3) is 0.471. The van der Waals surface area contributed by atoms with Crippen molar-refractivity contribution in [3.63, 3.8) is 0 Å². The summed E-state index contributed by atoms with van der Waals surface area (Å²) in [4.78, 5) is 16.3. The van der Waals surface area contributed by atoms with Crippen molar-refractivity contribution in [2.24, 2.45) is 0 Å². The molecule has 0 atom stereocenters. The third kappa shape index (κ3) is 3.55. The normalized spacial score (nSPS) is 20.3. The first-order valence-electron chi connectivity index (χ1n) is 7.98. The molecule has 1 aromatic carbocycles. The molecule has 0 unspecified atom stereocenters. The number of carbonyl (C=O) groups is 1.